The number of aromatic nitrogens is 4. The zero-order valence-corrected chi connectivity index (χ0v) is 28.2. The predicted molar refractivity (Wildman–Crippen MR) is 169 cm³/mol. The minimum absolute atomic E-state index is 0.0116. The molecule has 1 saturated heterocycles. The van der Waals surface area contributed by atoms with E-state index in [0.29, 0.717) is 24.4 Å². The monoisotopic (exact) mass is 629 g/mol. The van der Waals surface area contributed by atoms with E-state index in [-0.39, 0.29) is 40.1 Å². The molecule has 4 N–H and O–H groups in total. The third-order valence-electron chi connectivity index (χ3n) is 8.77. The van der Waals surface area contributed by atoms with Gasteiger partial charge in [0.05, 0.1) is 25.1 Å². The summed E-state index contributed by atoms with van der Waals surface area (Å²) in [5, 5.41) is 11.0. The molecule has 1 saturated carbocycles. The Kier molecular flexibility index (Phi) is 9.49. The van der Waals surface area contributed by atoms with Gasteiger partial charge in [0.2, 0.25) is 5.95 Å². The maximum atomic E-state index is 12.3. The minimum Gasteiger partial charge on any atom is -0.411 e. The van der Waals surface area contributed by atoms with Crippen molar-refractivity contribution in [3.8, 4) is 0 Å². The number of nitrogens with zero attached hydrogens (tertiary/aromatic N) is 3. The van der Waals surface area contributed by atoms with Crippen molar-refractivity contribution in [2.45, 2.75) is 108 Å². The Hall–Kier alpha value is -1.05. The van der Waals surface area contributed by atoms with Crippen molar-refractivity contribution in [2.24, 2.45) is 5.92 Å². The number of nitrogens with one attached hydrogen (secondary N) is 1. The Morgan fingerprint density at radius 1 is 1.45 bits per heavy atom. The zero-order valence-electron chi connectivity index (χ0n) is 24.5. The molecule has 10 nitrogen and oxygen atoms in total. The summed E-state index contributed by atoms with van der Waals surface area (Å²) in [6.45, 7) is 19.5. The van der Waals surface area contributed by atoms with Gasteiger partial charge in [-0.25, -0.2) is 4.98 Å². The Morgan fingerprint density at radius 2 is 2.15 bits per heavy atom. The first kappa shape index (κ1) is 31.9. The normalized spacial score (nSPS) is 30.6. The molecule has 224 valence electrons. The molecule has 2 fully saturated rings. The average molecular weight is 630 g/mol. The van der Waals surface area contributed by atoms with E-state index in [4.69, 9.17) is 31.2 Å². The number of allylic oxidation sites excluding steroid dienone is 1. The highest BCUT2D eigenvalue weighted by molar-refractivity contribution is 8.63. The summed E-state index contributed by atoms with van der Waals surface area (Å²) in [6.07, 6.45) is 1.46. The van der Waals surface area contributed by atoms with E-state index < -0.39 is 32.3 Å². The summed E-state index contributed by atoms with van der Waals surface area (Å²) < 4.78 is 21.0. The number of aliphatic hydroxyl groups is 1. The molecule has 14 heteroatoms. The first-order chi connectivity index (χ1) is 18.5. The van der Waals surface area contributed by atoms with Crippen LogP contribution in [0.15, 0.2) is 23.3 Å². The lowest BCUT2D eigenvalue weighted by Crippen LogP contribution is -2.46. The van der Waals surface area contributed by atoms with Crippen LogP contribution in [0.25, 0.3) is 11.2 Å². The number of nitrogens with two attached hydrogens (primary N) is 1. The van der Waals surface area contributed by atoms with Crippen molar-refractivity contribution in [1.82, 2.24) is 19.5 Å². The quantitative estimate of drug-likeness (QED) is 0.194. The van der Waals surface area contributed by atoms with Gasteiger partial charge in [0.15, 0.2) is 19.5 Å². The third-order valence-corrected chi connectivity index (χ3v) is 18.1. The lowest BCUT2D eigenvalue weighted by Gasteiger charge is -2.41. The van der Waals surface area contributed by atoms with Crippen molar-refractivity contribution < 1.29 is 18.8 Å². The number of anilines is 1. The molecule has 2 aromatic heterocycles. The van der Waals surface area contributed by atoms with Crippen LogP contribution in [0.2, 0.25) is 18.1 Å². The van der Waals surface area contributed by atoms with Crippen molar-refractivity contribution >= 4 is 54.7 Å². The number of ether oxygens (including phenoxy) is 1. The van der Waals surface area contributed by atoms with E-state index in [1.54, 1.807) is 22.3 Å². The Labute approximate surface area is 247 Å². The Bertz CT molecular complexity index is 1330. The van der Waals surface area contributed by atoms with Gasteiger partial charge >= 0.3 is 0 Å². The third kappa shape index (κ3) is 6.77. The molecule has 0 bridgehead atoms. The van der Waals surface area contributed by atoms with E-state index in [9.17, 15) is 9.90 Å². The van der Waals surface area contributed by atoms with Crippen molar-refractivity contribution in [2.75, 3.05) is 12.3 Å². The molecule has 7 atom stereocenters. The molecule has 2 unspecified atom stereocenters. The average Bonchev–Trinajstić information content (AvgIpc) is 3.42. The van der Waals surface area contributed by atoms with Gasteiger partial charge in [-0.05, 0) is 57.2 Å². The van der Waals surface area contributed by atoms with E-state index in [2.05, 4.69) is 62.3 Å². The van der Waals surface area contributed by atoms with E-state index in [0.717, 1.165) is 18.4 Å². The van der Waals surface area contributed by atoms with Gasteiger partial charge in [-0.3, -0.25) is 14.3 Å². The number of nitrogen functional groups attached to an aromatic ring is 1. The second-order valence-corrected chi connectivity index (χ2v) is 23.2. The number of H-pyrrole nitrogens is 1. The summed E-state index contributed by atoms with van der Waals surface area (Å²) in [6, 6.07) is 0. The molecule has 0 spiro atoms. The van der Waals surface area contributed by atoms with Crippen LogP contribution >= 0.6 is 17.5 Å². The Balaban J connectivity index is 1.49. The lowest BCUT2D eigenvalue weighted by atomic mass is 9.77. The van der Waals surface area contributed by atoms with Crippen LogP contribution in [0.3, 0.4) is 0 Å². The number of imidazole rings is 1. The first-order valence-corrected chi connectivity index (χ1v) is 20.7. The molecule has 0 amide bonds. The number of aliphatic hydroxyl groups excluding tert-OH is 1. The summed E-state index contributed by atoms with van der Waals surface area (Å²) >= 11 is 7.42. The van der Waals surface area contributed by atoms with Crippen LogP contribution < -0.4 is 11.3 Å². The van der Waals surface area contributed by atoms with Crippen molar-refractivity contribution in [3.05, 3.63) is 28.8 Å². The highest BCUT2D eigenvalue weighted by Gasteiger charge is 2.46. The smallest absolute Gasteiger partial charge is 0.280 e. The maximum absolute atomic E-state index is 12.3. The molecule has 0 aromatic carbocycles. The summed E-state index contributed by atoms with van der Waals surface area (Å²) in [5.74, 6) is 0.372. The van der Waals surface area contributed by atoms with Crippen LogP contribution in [-0.2, 0) is 25.5 Å². The summed E-state index contributed by atoms with van der Waals surface area (Å²) in [7, 11) is -2.14. The van der Waals surface area contributed by atoms with Crippen LogP contribution in [0.1, 0.15) is 66.5 Å². The highest BCUT2D eigenvalue weighted by atomic mass is 32.9. The maximum Gasteiger partial charge on any atom is 0.280 e. The topological polar surface area (TPSA) is 138 Å². The van der Waals surface area contributed by atoms with Crippen molar-refractivity contribution in [1.29, 1.82) is 0 Å². The second kappa shape index (κ2) is 11.9. The number of rotatable bonds is 9. The van der Waals surface area contributed by atoms with Crippen LogP contribution in [0.5, 0.6) is 0 Å². The van der Waals surface area contributed by atoms with Gasteiger partial charge in [-0.15, -0.1) is 0 Å². The molecule has 2 aromatic rings. The largest absolute Gasteiger partial charge is 0.411 e. The van der Waals surface area contributed by atoms with Gasteiger partial charge in [-0.1, -0.05) is 56.1 Å². The van der Waals surface area contributed by atoms with Crippen LogP contribution in [-0.4, -0.2) is 62.6 Å². The second-order valence-electron chi connectivity index (χ2n) is 12.9. The standard InChI is InChI=1S/C26H44N5O5PS2Si/c1-15(2)16-9-10-26(6,19(32)11-16)39-37(38)34-13-18-17(36-40(7,8)25(3,4)5)12-20(35-18)31-14-28-21-22(31)29-24(27)30-23(21)33/h14,16-20,32,37H,1,9-13H2,2-8H3,(H3,27,29,30,33)/t16-,17?,18-,19+,20-,26+/m1/s1. The molecule has 1 aliphatic carbocycles. The van der Waals surface area contributed by atoms with Gasteiger partial charge < -0.3 is 24.5 Å². The van der Waals surface area contributed by atoms with E-state index >= 15 is 0 Å². The van der Waals surface area contributed by atoms with Gasteiger partial charge in [0.1, 0.15) is 18.5 Å². The fourth-order valence-corrected chi connectivity index (χ4v) is 11.8. The summed E-state index contributed by atoms with van der Waals surface area (Å²) in [5.41, 5.74) is 7.13. The molecule has 3 heterocycles. The molecule has 0 radical (unpaired) electrons. The van der Waals surface area contributed by atoms with Crippen LogP contribution in [0.4, 0.5) is 5.95 Å². The summed E-state index contributed by atoms with van der Waals surface area (Å²) in [4.78, 5) is 23.4. The molecule has 1 aliphatic heterocycles. The molecule has 40 heavy (non-hydrogen) atoms. The number of fused-ring (bicyclic) bond motifs is 1. The minimum atomic E-state index is -2.14. The van der Waals surface area contributed by atoms with E-state index in [1.807, 2.05) is 6.92 Å². The molecular formula is C26H44N5O5PS2Si. The number of aromatic amines is 1. The Morgan fingerprint density at radius 3 is 2.77 bits per heavy atom. The zero-order chi connectivity index (χ0) is 29.6. The van der Waals surface area contributed by atoms with E-state index in [1.165, 1.54) is 0 Å². The lowest BCUT2D eigenvalue weighted by molar-refractivity contribution is -0.0334. The van der Waals surface area contributed by atoms with Crippen molar-refractivity contribution in [3.63, 3.8) is 0 Å². The fraction of sp³-hybridized carbons (Fsp3) is 0.731. The highest BCUT2D eigenvalue weighted by Crippen LogP contribution is 2.55. The molecular weight excluding hydrogens is 586 g/mol. The predicted octanol–water partition coefficient (Wildman–Crippen LogP) is 5.13. The molecule has 4 rings (SSSR count). The first-order valence-electron chi connectivity index (χ1n) is 13.8. The van der Waals surface area contributed by atoms with Crippen LogP contribution in [0, 0.1) is 5.92 Å². The van der Waals surface area contributed by atoms with Gasteiger partial charge in [0, 0.05) is 11.2 Å². The number of hydrogen-bond donors (Lipinski definition) is 3. The number of hydrogen-bond acceptors (Lipinski definition) is 10. The SMILES string of the molecule is C=C(C)[C@@H]1CC[C@](C)(S[PH](=S)OC[C@H]2O[C@@H](n3cnc4c(=O)[nH]c(N)nc43)CC2O[Si](C)(C)C(C)(C)C)[C@@H](O)C1. The van der Waals surface area contributed by atoms with Gasteiger partial charge in [-0.2, -0.15) is 4.98 Å². The molecule has 2 aliphatic rings. The van der Waals surface area contributed by atoms with Gasteiger partial charge in [0.25, 0.3) is 5.56 Å². The fourth-order valence-electron chi connectivity index (χ4n) is 5.05.